The molecule has 0 aromatic carbocycles. The first-order valence-electron chi connectivity index (χ1n) is 7.70. The van der Waals surface area contributed by atoms with Crippen LogP contribution in [0.2, 0.25) is 0 Å². The van der Waals surface area contributed by atoms with E-state index in [-0.39, 0.29) is 5.56 Å². The number of piperidine rings is 1. The number of rotatable bonds is 4. The van der Waals surface area contributed by atoms with Gasteiger partial charge in [0, 0.05) is 31.0 Å². The molecule has 0 saturated carbocycles. The molecule has 2 aromatic heterocycles. The molecule has 0 unspecified atom stereocenters. The predicted octanol–water partition coefficient (Wildman–Crippen LogP) is 1.25. The number of nitrogens with zero attached hydrogens (tertiary/aromatic N) is 5. The van der Waals surface area contributed by atoms with Crippen LogP contribution >= 0.6 is 0 Å². The zero-order chi connectivity index (χ0) is 15.4. The van der Waals surface area contributed by atoms with Crippen LogP contribution < -0.4 is 5.56 Å². The molecule has 6 nitrogen and oxygen atoms in total. The summed E-state index contributed by atoms with van der Waals surface area (Å²) >= 11 is 0. The molecule has 0 spiro atoms. The Morgan fingerprint density at radius 1 is 1.27 bits per heavy atom. The van der Waals surface area contributed by atoms with Gasteiger partial charge in [0.05, 0.1) is 12.0 Å². The van der Waals surface area contributed by atoms with Gasteiger partial charge in [-0.2, -0.15) is 0 Å². The van der Waals surface area contributed by atoms with Crippen molar-refractivity contribution in [1.82, 2.24) is 24.4 Å². The van der Waals surface area contributed by atoms with Crippen molar-refractivity contribution in [2.45, 2.75) is 32.9 Å². The van der Waals surface area contributed by atoms with Crippen molar-refractivity contribution in [3.05, 3.63) is 52.7 Å². The van der Waals surface area contributed by atoms with Crippen LogP contribution in [0.3, 0.4) is 0 Å². The van der Waals surface area contributed by atoms with Gasteiger partial charge in [-0.15, -0.1) is 0 Å². The highest BCUT2D eigenvalue weighted by Gasteiger charge is 2.20. The van der Waals surface area contributed by atoms with E-state index in [0.29, 0.717) is 11.5 Å². The summed E-state index contributed by atoms with van der Waals surface area (Å²) < 4.78 is 1.75. The van der Waals surface area contributed by atoms with Gasteiger partial charge in [0.15, 0.2) is 0 Å². The monoisotopic (exact) mass is 299 g/mol. The Bertz CT molecular complexity index is 662. The zero-order valence-electron chi connectivity index (χ0n) is 12.9. The molecule has 0 atom stereocenters. The fraction of sp³-hybridized carbons (Fsp3) is 0.500. The Morgan fingerprint density at radius 3 is 2.82 bits per heavy atom. The lowest BCUT2D eigenvalue weighted by Crippen LogP contribution is -2.36. The summed E-state index contributed by atoms with van der Waals surface area (Å²) in [5.41, 5.74) is 1.86. The van der Waals surface area contributed by atoms with Crippen molar-refractivity contribution < 1.29 is 0 Å². The van der Waals surface area contributed by atoms with Gasteiger partial charge in [-0.1, -0.05) is 0 Å². The first kappa shape index (κ1) is 14.8. The summed E-state index contributed by atoms with van der Waals surface area (Å²) in [6, 6.07) is 1.96. The second kappa shape index (κ2) is 6.79. The SMILES string of the molecule is Cc1cncn(CC2CCN(Cc3ccncn3)CC2)c1=O. The van der Waals surface area contributed by atoms with E-state index in [4.69, 9.17) is 0 Å². The van der Waals surface area contributed by atoms with Crippen molar-refractivity contribution in [2.75, 3.05) is 13.1 Å². The largest absolute Gasteiger partial charge is 0.299 e. The quantitative estimate of drug-likeness (QED) is 0.850. The number of hydrogen-bond acceptors (Lipinski definition) is 5. The summed E-state index contributed by atoms with van der Waals surface area (Å²) in [6.45, 7) is 5.55. The van der Waals surface area contributed by atoms with E-state index < -0.39 is 0 Å². The smallest absolute Gasteiger partial charge is 0.256 e. The minimum atomic E-state index is 0.0819. The Hall–Kier alpha value is -2.08. The molecule has 0 amide bonds. The van der Waals surface area contributed by atoms with Crippen molar-refractivity contribution in [3.63, 3.8) is 0 Å². The molecule has 6 heteroatoms. The average Bonchev–Trinajstić information content (AvgIpc) is 2.55. The van der Waals surface area contributed by atoms with Gasteiger partial charge in [0.2, 0.25) is 0 Å². The third-order valence-electron chi connectivity index (χ3n) is 4.26. The highest BCUT2D eigenvalue weighted by molar-refractivity contribution is 5.01. The number of hydrogen-bond donors (Lipinski definition) is 0. The van der Waals surface area contributed by atoms with E-state index in [0.717, 1.165) is 44.7 Å². The standard InChI is InChI=1S/C16H21N5O/c1-13-8-18-12-21(16(13)22)9-14-3-6-20(7-4-14)10-15-2-5-17-11-19-15/h2,5,8,11-12,14H,3-4,6-7,9-10H2,1H3. The predicted molar refractivity (Wildman–Crippen MR) is 83.3 cm³/mol. The summed E-state index contributed by atoms with van der Waals surface area (Å²) in [6.07, 6.45) is 8.87. The first-order valence-corrected chi connectivity index (χ1v) is 7.70. The van der Waals surface area contributed by atoms with E-state index in [1.807, 2.05) is 13.0 Å². The van der Waals surface area contributed by atoms with Crippen molar-refractivity contribution in [3.8, 4) is 0 Å². The summed E-state index contributed by atoms with van der Waals surface area (Å²) in [5, 5.41) is 0. The maximum absolute atomic E-state index is 12.0. The molecule has 1 saturated heterocycles. The van der Waals surface area contributed by atoms with Gasteiger partial charge in [0.25, 0.3) is 5.56 Å². The normalized spacial score (nSPS) is 16.8. The Balaban J connectivity index is 1.54. The lowest BCUT2D eigenvalue weighted by atomic mass is 9.96. The van der Waals surface area contributed by atoms with Crippen LogP contribution in [0.15, 0.2) is 35.9 Å². The average molecular weight is 299 g/mol. The topological polar surface area (TPSA) is 63.9 Å². The summed E-state index contributed by atoms with van der Waals surface area (Å²) in [4.78, 5) is 26.8. The van der Waals surface area contributed by atoms with Crippen molar-refractivity contribution >= 4 is 0 Å². The lowest BCUT2D eigenvalue weighted by Gasteiger charge is -2.31. The molecule has 0 N–H and O–H groups in total. The van der Waals surface area contributed by atoms with Crippen molar-refractivity contribution in [2.24, 2.45) is 5.92 Å². The third kappa shape index (κ3) is 3.57. The number of aromatic nitrogens is 4. The van der Waals surface area contributed by atoms with Crippen LogP contribution in [-0.2, 0) is 13.1 Å². The van der Waals surface area contributed by atoms with Crippen LogP contribution in [-0.4, -0.2) is 37.5 Å². The maximum atomic E-state index is 12.0. The molecule has 0 aliphatic carbocycles. The van der Waals surface area contributed by atoms with Crippen LogP contribution in [0.1, 0.15) is 24.1 Å². The molecule has 0 bridgehead atoms. The molecule has 3 rings (SSSR count). The number of aryl methyl sites for hydroxylation is 1. The zero-order valence-corrected chi connectivity index (χ0v) is 12.9. The first-order chi connectivity index (χ1) is 10.7. The fourth-order valence-electron chi connectivity index (χ4n) is 2.94. The van der Waals surface area contributed by atoms with Crippen LogP contribution in [0.5, 0.6) is 0 Å². The van der Waals surface area contributed by atoms with Gasteiger partial charge >= 0.3 is 0 Å². The van der Waals surface area contributed by atoms with E-state index in [2.05, 4.69) is 19.9 Å². The summed E-state index contributed by atoms with van der Waals surface area (Å²) in [7, 11) is 0. The Kier molecular flexibility index (Phi) is 4.58. The highest BCUT2D eigenvalue weighted by atomic mass is 16.1. The van der Waals surface area contributed by atoms with E-state index in [9.17, 15) is 4.79 Å². The van der Waals surface area contributed by atoms with Crippen LogP contribution in [0.4, 0.5) is 0 Å². The Morgan fingerprint density at radius 2 is 2.09 bits per heavy atom. The fourth-order valence-corrected chi connectivity index (χ4v) is 2.94. The molecule has 22 heavy (non-hydrogen) atoms. The molecule has 0 radical (unpaired) electrons. The van der Waals surface area contributed by atoms with E-state index >= 15 is 0 Å². The van der Waals surface area contributed by atoms with Crippen LogP contribution in [0, 0.1) is 12.8 Å². The van der Waals surface area contributed by atoms with E-state index in [1.165, 1.54) is 0 Å². The molecular weight excluding hydrogens is 278 g/mol. The Labute approximate surface area is 129 Å². The van der Waals surface area contributed by atoms with Gasteiger partial charge in [-0.05, 0) is 44.8 Å². The summed E-state index contributed by atoms with van der Waals surface area (Å²) in [5.74, 6) is 0.544. The van der Waals surface area contributed by atoms with Gasteiger partial charge in [0.1, 0.15) is 6.33 Å². The maximum Gasteiger partial charge on any atom is 0.256 e. The molecule has 1 fully saturated rings. The molecule has 116 valence electrons. The van der Waals surface area contributed by atoms with Gasteiger partial charge < -0.3 is 0 Å². The minimum absolute atomic E-state index is 0.0819. The molecular formula is C16H21N5O. The van der Waals surface area contributed by atoms with Gasteiger partial charge in [-0.3, -0.25) is 14.3 Å². The third-order valence-corrected chi connectivity index (χ3v) is 4.26. The second-order valence-corrected chi connectivity index (χ2v) is 5.95. The lowest BCUT2D eigenvalue weighted by molar-refractivity contribution is 0.164. The molecule has 2 aromatic rings. The molecule has 3 heterocycles. The molecule has 1 aliphatic heterocycles. The van der Waals surface area contributed by atoms with Gasteiger partial charge in [-0.25, -0.2) is 15.0 Å². The van der Waals surface area contributed by atoms with Crippen LogP contribution in [0.25, 0.3) is 0 Å². The second-order valence-electron chi connectivity index (χ2n) is 5.95. The number of likely N-dealkylation sites (tertiary alicyclic amines) is 1. The van der Waals surface area contributed by atoms with Crippen molar-refractivity contribution in [1.29, 1.82) is 0 Å². The van der Waals surface area contributed by atoms with E-state index in [1.54, 1.807) is 29.6 Å². The molecule has 1 aliphatic rings. The highest BCUT2D eigenvalue weighted by Crippen LogP contribution is 2.19. The minimum Gasteiger partial charge on any atom is -0.299 e.